The number of imide groups is 1. The van der Waals surface area contributed by atoms with Gasteiger partial charge in [0.2, 0.25) is 17.6 Å². The average molecular weight is 483 g/mol. The van der Waals surface area contributed by atoms with E-state index in [9.17, 15) is 29.3 Å². The number of carbonyl (C=O) groups is 4. The number of anilines is 1. The first-order valence-corrected chi connectivity index (χ1v) is 10.9. The van der Waals surface area contributed by atoms with Crippen LogP contribution in [0.5, 0.6) is 0 Å². The summed E-state index contributed by atoms with van der Waals surface area (Å²) in [5.41, 5.74) is -0.160. The fraction of sp³-hybridized carbons (Fsp3) is 0.250. The molecule has 0 radical (unpaired) electrons. The monoisotopic (exact) mass is 482 g/mol. The molecule has 0 unspecified atom stereocenters. The summed E-state index contributed by atoms with van der Waals surface area (Å²) in [6, 6.07) is 9.40. The van der Waals surface area contributed by atoms with Crippen molar-refractivity contribution in [3.05, 3.63) is 80.9 Å². The van der Waals surface area contributed by atoms with Crippen LogP contribution in [0, 0.1) is 27.9 Å². The minimum atomic E-state index is -0.842. The number of nitro groups is 1. The number of halogens is 1. The van der Waals surface area contributed by atoms with Crippen LogP contribution in [-0.4, -0.2) is 35.1 Å². The number of fused-ring (bicyclic) bond motifs is 1. The Morgan fingerprint density at radius 1 is 1.15 bits per heavy atom. The molecule has 1 fully saturated rings. The normalized spacial score (nSPS) is 21.4. The van der Waals surface area contributed by atoms with Crippen LogP contribution in [-0.2, 0) is 14.3 Å². The number of nitrogens with zero attached hydrogens (tertiary/aromatic N) is 2. The maximum Gasteiger partial charge on any atom is 0.338 e. The Balaban J connectivity index is 1.47. The number of allylic oxidation sites excluding steroid dienone is 2. The van der Waals surface area contributed by atoms with Gasteiger partial charge in [-0.1, -0.05) is 36.7 Å². The van der Waals surface area contributed by atoms with Gasteiger partial charge in [0.15, 0.2) is 6.61 Å². The van der Waals surface area contributed by atoms with E-state index in [4.69, 9.17) is 16.3 Å². The molecular formula is C24H19ClN2O7. The van der Waals surface area contributed by atoms with E-state index < -0.39 is 40.8 Å². The first-order valence-electron chi connectivity index (χ1n) is 10.5. The second kappa shape index (κ2) is 9.18. The van der Waals surface area contributed by atoms with Crippen LogP contribution < -0.4 is 4.90 Å². The second-order valence-electron chi connectivity index (χ2n) is 8.14. The van der Waals surface area contributed by atoms with E-state index in [-0.39, 0.29) is 39.6 Å². The molecule has 0 saturated carbocycles. The van der Waals surface area contributed by atoms with E-state index in [2.05, 4.69) is 0 Å². The van der Waals surface area contributed by atoms with Crippen LogP contribution in [0.2, 0.25) is 5.02 Å². The molecule has 3 atom stereocenters. The van der Waals surface area contributed by atoms with Crippen molar-refractivity contribution in [2.75, 3.05) is 11.5 Å². The smallest absolute Gasteiger partial charge is 0.338 e. The molecule has 0 N–H and O–H groups in total. The molecule has 0 bridgehead atoms. The third-order valence-corrected chi connectivity index (χ3v) is 6.33. The molecule has 1 saturated heterocycles. The highest BCUT2D eigenvalue weighted by Crippen LogP contribution is 2.40. The van der Waals surface area contributed by atoms with Crippen LogP contribution in [0.15, 0.2) is 54.6 Å². The number of nitro benzene ring substituents is 1. The number of Topliss-reactive ketones (excluding diaryl/α,β-unsaturated/α-hetero) is 1. The summed E-state index contributed by atoms with van der Waals surface area (Å²) in [7, 11) is 0. The van der Waals surface area contributed by atoms with Crippen molar-refractivity contribution in [2.24, 2.45) is 17.8 Å². The summed E-state index contributed by atoms with van der Waals surface area (Å²) < 4.78 is 5.07. The van der Waals surface area contributed by atoms with Gasteiger partial charge in [-0.25, -0.2) is 4.79 Å². The Morgan fingerprint density at radius 2 is 1.91 bits per heavy atom. The van der Waals surface area contributed by atoms with Gasteiger partial charge in [0.25, 0.3) is 5.69 Å². The maximum atomic E-state index is 13.0. The van der Waals surface area contributed by atoms with Gasteiger partial charge in [-0.2, -0.15) is 0 Å². The highest BCUT2D eigenvalue weighted by molar-refractivity contribution is 6.32. The molecule has 2 amide bonds. The number of esters is 1. The van der Waals surface area contributed by atoms with Crippen molar-refractivity contribution >= 4 is 46.5 Å². The quantitative estimate of drug-likeness (QED) is 0.152. The van der Waals surface area contributed by atoms with Gasteiger partial charge in [-0.3, -0.25) is 29.4 Å². The summed E-state index contributed by atoms with van der Waals surface area (Å²) in [6.07, 6.45) is 4.32. The van der Waals surface area contributed by atoms with E-state index >= 15 is 0 Å². The Morgan fingerprint density at radius 3 is 2.62 bits per heavy atom. The Hall–Kier alpha value is -3.85. The molecular weight excluding hydrogens is 464 g/mol. The van der Waals surface area contributed by atoms with E-state index in [1.807, 2.05) is 19.1 Å². The number of hydrogen-bond acceptors (Lipinski definition) is 7. The molecule has 174 valence electrons. The number of ether oxygens (including phenoxy) is 1. The standard InChI is InChI=1S/C24H19ClN2O7/c1-13-4-2-7-17-21(13)23(30)26(22(17)29)16-6-3-5-15(10-16)24(31)34-12-20(28)14-8-9-18(25)19(11-14)27(32)33/h2-6,8-11,13,17,21H,7,12H2,1H3/t13-,17-,21+/m1/s1. The van der Waals surface area contributed by atoms with Crippen LogP contribution >= 0.6 is 11.6 Å². The van der Waals surface area contributed by atoms with Crippen LogP contribution in [0.4, 0.5) is 11.4 Å². The van der Waals surface area contributed by atoms with Crippen molar-refractivity contribution in [1.82, 2.24) is 0 Å². The van der Waals surface area contributed by atoms with Gasteiger partial charge in [0.1, 0.15) is 5.02 Å². The lowest BCUT2D eigenvalue weighted by molar-refractivity contribution is -0.384. The SMILES string of the molecule is C[C@@H]1C=CC[C@H]2C(=O)N(c3cccc(C(=O)OCC(=O)c4ccc(Cl)c([N+](=O)[O-])c4)c3)C(=O)[C@@H]12. The van der Waals surface area contributed by atoms with Crippen molar-refractivity contribution in [2.45, 2.75) is 13.3 Å². The summed E-state index contributed by atoms with van der Waals surface area (Å²) in [5.74, 6) is -3.04. The zero-order valence-electron chi connectivity index (χ0n) is 18.0. The molecule has 1 aliphatic carbocycles. The molecule has 10 heteroatoms. The van der Waals surface area contributed by atoms with E-state index in [0.29, 0.717) is 6.42 Å². The molecule has 9 nitrogen and oxygen atoms in total. The van der Waals surface area contributed by atoms with Crippen molar-refractivity contribution in [1.29, 1.82) is 0 Å². The van der Waals surface area contributed by atoms with E-state index in [1.54, 1.807) is 6.07 Å². The number of carbonyl (C=O) groups excluding carboxylic acids is 4. The van der Waals surface area contributed by atoms with Crippen LogP contribution in [0.25, 0.3) is 0 Å². The van der Waals surface area contributed by atoms with Crippen LogP contribution in [0.3, 0.4) is 0 Å². The lowest BCUT2D eigenvalue weighted by Gasteiger charge is -2.22. The van der Waals surface area contributed by atoms with Gasteiger partial charge in [0.05, 0.1) is 28.0 Å². The van der Waals surface area contributed by atoms with Gasteiger partial charge in [-0.15, -0.1) is 0 Å². The number of amides is 2. The molecule has 0 aromatic heterocycles. The Bertz CT molecular complexity index is 1260. The number of rotatable bonds is 6. The predicted molar refractivity (Wildman–Crippen MR) is 122 cm³/mol. The lowest BCUT2D eigenvalue weighted by atomic mass is 9.78. The number of hydrogen-bond donors (Lipinski definition) is 0. The average Bonchev–Trinajstić information content (AvgIpc) is 3.08. The highest BCUT2D eigenvalue weighted by Gasteiger charge is 2.50. The molecule has 34 heavy (non-hydrogen) atoms. The van der Waals surface area contributed by atoms with Crippen molar-refractivity contribution in [3.63, 3.8) is 0 Å². The second-order valence-corrected chi connectivity index (χ2v) is 8.55. The largest absolute Gasteiger partial charge is 0.454 e. The van der Waals surface area contributed by atoms with E-state index in [1.165, 1.54) is 30.3 Å². The summed E-state index contributed by atoms with van der Waals surface area (Å²) in [5, 5.41) is 10.9. The summed E-state index contributed by atoms with van der Waals surface area (Å²) in [4.78, 5) is 62.2. The Kier molecular flexibility index (Phi) is 6.30. The highest BCUT2D eigenvalue weighted by atomic mass is 35.5. The molecule has 0 spiro atoms. The lowest BCUT2D eigenvalue weighted by Crippen LogP contribution is -2.31. The number of benzene rings is 2. The number of ketones is 1. The first-order chi connectivity index (χ1) is 16.2. The topological polar surface area (TPSA) is 124 Å². The fourth-order valence-corrected chi connectivity index (χ4v) is 4.48. The van der Waals surface area contributed by atoms with Gasteiger partial charge >= 0.3 is 5.97 Å². The summed E-state index contributed by atoms with van der Waals surface area (Å²) in [6.45, 7) is 1.23. The van der Waals surface area contributed by atoms with Gasteiger partial charge in [-0.05, 0) is 42.7 Å². The fourth-order valence-electron chi connectivity index (χ4n) is 4.30. The van der Waals surface area contributed by atoms with Gasteiger partial charge in [0, 0.05) is 11.6 Å². The molecule has 2 aliphatic rings. The third kappa shape index (κ3) is 4.22. The Labute approximate surface area is 199 Å². The van der Waals surface area contributed by atoms with Gasteiger partial charge < -0.3 is 4.74 Å². The molecule has 1 heterocycles. The molecule has 1 aliphatic heterocycles. The van der Waals surface area contributed by atoms with Crippen LogP contribution in [0.1, 0.15) is 34.1 Å². The first kappa shape index (κ1) is 23.3. The summed E-state index contributed by atoms with van der Waals surface area (Å²) >= 11 is 5.75. The van der Waals surface area contributed by atoms with E-state index in [0.717, 1.165) is 11.0 Å². The minimum Gasteiger partial charge on any atom is -0.454 e. The predicted octanol–water partition coefficient (Wildman–Crippen LogP) is 3.99. The minimum absolute atomic E-state index is 0.0313. The maximum absolute atomic E-state index is 13.0. The van der Waals surface area contributed by atoms with Crippen molar-refractivity contribution < 1.29 is 28.8 Å². The molecule has 2 aromatic carbocycles. The molecule has 2 aromatic rings. The zero-order chi connectivity index (χ0) is 24.6. The third-order valence-electron chi connectivity index (χ3n) is 6.01. The zero-order valence-corrected chi connectivity index (χ0v) is 18.7. The van der Waals surface area contributed by atoms with Crippen molar-refractivity contribution in [3.8, 4) is 0 Å². The molecule has 4 rings (SSSR count).